The van der Waals surface area contributed by atoms with Crippen molar-refractivity contribution < 1.29 is 17.5 Å². The van der Waals surface area contributed by atoms with Crippen LogP contribution in [-0.2, 0) is 21.3 Å². The zero-order chi connectivity index (χ0) is 14.5. The summed E-state index contributed by atoms with van der Waals surface area (Å²) in [7, 11) is -0.723. The van der Waals surface area contributed by atoms with Gasteiger partial charge in [-0.1, -0.05) is 6.07 Å². The first kappa shape index (κ1) is 16.0. The molecule has 0 spiro atoms. The molecule has 1 rings (SSSR count). The first-order valence-corrected chi connectivity index (χ1v) is 7.31. The molecule has 0 saturated heterocycles. The maximum Gasteiger partial charge on any atom is 0.243 e. The topological polar surface area (TPSA) is 72.6 Å². The number of halogens is 1. The van der Waals surface area contributed by atoms with Gasteiger partial charge in [0, 0.05) is 33.9 Å². The van der Waals surface area contributed by atoms with Crippen molar-refractivity contribution in [2.45, 2.75) is 17.9 Å². The second-order valence-corrected chi connectivity index (χ2v) is 6.14. The molecule has 5 nitrogen and oxygen atoms in total. The zero-order valence-electron chi connectivity index (χ0n) is 11.1. The third-order valence-corrected chi connectivity index (χ3v) is 4.70. The second-order valence-electron chi connectivity index (χ2n) is 4.13. The van der Waals surface area contributed by atoms with Crippen LogP contribution in [0.3, 0.4) is 0 Å². The van der Waals surface area contributed by atoms with Gasteiger partial charge in [0.2, 0.25) is 10.0 Å². The number of ether oxygens (including phenoxy) is 1. The van der Waals surface area contributed by atoms with Crippen LogP contribution < -0.4 is 5.73 Å². The first-order chi connectivity index (χ1) is 8.93. The van der Waals surface area contributed by atoms with Crippen LogP contribution in [0, 0.1) is 5.82 Å². The van der Waals surface area contributed by atoms with Crippen LogP contribution in [0.5, 0.6) is 0 Å². The molecule has 0 aliphatic rings. The maximum atomic E-state index is 13.2. The molecule has 0 fully saturated rings. The van der Waals surface area contributed by atoms with Crippen LogP contribution in [0.1, 0.15) is 12.0 Å². The Kier molecular flexibility index (Phi) is 5.86. The van der Waals surface area contributed by atoms with E-state index in [1.54, 1.807) is 7.11 Å². The number of rotatable bonds is 7. The highest BCUT2D eigenvalue weighted by Gasteiger charge is 2.23. The van der Waals surface area contributed by atoms with Crippen LogP contribution in [0.15, 0.2) is 23.1 Å². The lowest BCUT2D eigenvalue weighted by atomic mass is 10.2. The van der Waals surface area contributed by atoms with Gasteiger partial charge < -0.3 is 10.5 Å². The summed E-state index contributed by atoms with van der Waals surface area (Å²) >= 11 is 0. The molecule has 0 saturated carbocycles. The van der Waals surface area contributed by atoms with E-state index < -0.39 is 15.8 Å². The normalized spacial score (nSPS) is 12.1. The quantitative estimate of drug-likeness (QED) is 0.759. The third-order valence-electron chi connectivity index (χ3n) is 2.76. The van der Waals surface area contributed by atoms with Crippen molar-refractivity contribution in [1.29, 1.82) is 0 Å². The molecule has 0 atom stereocenters. The summed E-state index contributed by atoms with van der Waals surface area (Å²) in [6, 6.07) is 3.60. The molecule has 0 heterocycles. The summed E-state index contributed by atoms with van der Waals surface area (Å²) in [5.41, 5.74) is 5.90. The fraction of sp³-hybridized carbons (Fsp3) is 0.500. The van der Waals surface area contributed by atoms with E-state index in [1.807, 2.05) is 0 Å². The van der Waals surface area contributed by atoms with Crippen molar-refractivity contribution in [2.24, 2.45) is 5.73 Å². The Morgan fingerprint density at radius 2 is 2.11 bits per heavy atom. The fourth-order valence-corrected chi connectivity index (χ4v) is 3.11. The molecule has 7 heteroatoms. The van der Waals surface area contributed by atoms with Gasteiger partial charge in [-0.15, -0.1) is 0 Å². The van der Waals surface area contributed by atoms with Gasteiger partial charge in [0.25, 0.3) is 0 Å². The summed E-state index contributed by atoms with van der Waals surface area (Å²) in [6.07, 6.45) is 0.569. The Morgan fingerprint density at radius 1 is 1.42 bits per heavy atom. The highest BCUT2D eigenvalue weighted by atomic mass is 32.2. The number of benzene rings is 1. The van der Waals surface area contributed by atoms with Crippen LogP contribution >= 0.6 is 0 Å². The second kappa shape index (κ2) is 6.95. The van der Waals surface area contributed by atoms with Crippen LogP contribution in [0.25, 0.3) is 0 Å². The molecule has 0 aliphatic heterocycles. The van der Waals surface area contributed by atoms with Crippen molar-refractivity contribution in [1.82, 2.24) is 4.31 Å². The standard InChI is InChI=1S/C12H19FN2O3S/c1-15(6-3-7-18-2)19(16,17)12-8-11(13)5-4-10(12)9-14/h4-5,8H,3,6-7,9,14H2,1-2H3. The van der Waals surface area contributed by atoms with Gasteiger partial charge in [-0.05, 0) is 24.1 Å². The van der Waals surface area contributed by atoms with Gasteiger partial charge >= 0.3 is 0 Å². The number of methoxy groups -OCH3 is 1. The van der Waals surface area contributed by atoms with Gasteiger partial charge in [-0.3, -0.25) is 0 Å². The number of nitrogens with zero attached hydrogens (tertiary/aromatic N) is 1. The van der Waals surface area contributed by atoms with E-state index in [0.717, 1.165) is 6.07 Å². The lowest BCUT2D eigenvalue weighted by Gasteiger charge is -2.18. The van der Waals surface area contributed by atoms with E-state index in [4.69, 9.17) is 10.5 Å². The summed E-state index contributed by atoms with van der Waals surface area (Å²) in [5, 5.41) is 0. The van der Waals surface area contributed by atoms with E-state index in [2.05, 4.69) is 0 Å². The SMILES string of the molecule is COCCCN(C)S(=O)(=O)c1cc(F)ccc1CN. The molecule has 0 radical (unpaired) electrons. The molecule has 0 amide bonds. The molecule has 0 bridgehead atoms. The first-order valence-electron chi connectivity index (χ1n) is 5.87. The van der Waals surface area contributed by atoms with Gasteiger partial charge in [0.1, 0.15) is 5.82 Å². The highest BCUT2D eigenvalue weighted by molar-refractivity contribution is 7.89. The molecule has 1 aromatic carbocycles. The largest absolute Gasteiger partial charge is 0.385 e. The molecule has 2 N–H and O–H groups in total. The molecule has 0 aliphatic carbocycles. The van der Waals surface area contributed by atoms with Crippen LogP contribution in [-0.4, -0.2) is 40.0 Å². The molecule has 0 aromatic heterocycles. The molecular weight excluding hydrogens is 271 g/mol. The predicted octanol–water partition coefficient (Wildman–Crippen LogP) is 0.941. The Labute approximate surface area is 113 Å². The minimum absolute atomic E-state index is 0.0424. The van der Waals surface area contributed by atoms with E-state index in [0.29, 0.717) is 25.1 Å². The Morgan fingerprint density at radius 3 is 2.68 bits per heavy atom. The molecule has 19 heavy (non-hydrogen) atoms. The summed E-state index contributed by atoms with van der Waals surface area (Å²) < 4.78 is 43.9. The minimum Gasteiger partial charge on any atom is -0.385 e. The lowest BCUT2D eigenvalue weighted by molar-refractivity contribution is 0.189. The molecule has 108 valence electrons. The Hall–Kier alpha value is -1.02. The monoisotopic (exact) mass is 290 g/mol. The smallest absolute Gasteiger partial charge is 0.243 e. The summed E-state index contributed by atoms with van der Waals surface area (Å²) in [6.45, 7) is 0.810. The van der Waals surface area contributed by atoms with Crippen molar-refractivity contribution in [2.75, 3.05) is 27.3 Å². The average Bonchev–Trinajstić information content (AvgIpc) is 2.38. The van der Waals surface area contributed by atoms with Crippen molar-refractivity contribution in [3.05, 3.63) is 29.6 Å². The molecule has 0 unspecified atom stereocenters. The highest BCUT2D eigenvalue weighted by Crippen LogP contribution is 2.20. The fourth-order valence-electron chi connectivity index (χ4n) is 1.66. The van der Waals surface area contributed by atoms with Gasteiger partial charge in [0.05, 0.1) is 4.90 Å². The van der Waals surface area contributed by atoms with Crippen LogP contribution in [0.2, 0.25) is 0 Å². The third kappa shape index (κ3) is 3.97. The van der Waals surface area contributed by atoms with Gasteiger partial charge in [0.15, 0.2) is 0 Å². The number of hydrogen-bond donors (Lipinski definition) is 1. The number of sulfonamides is 1. The number of nitrogens with two attached hydrogens (primary N) is 1. The Balaban J connectivity index is 3.02. The van der Waals surface area contributed by atoms with Crippen molar-refractivity contribution >= 4 is 10.0 Å². The van der Waals surface area contributed by atoms with Gasteiger partial charge in [-0.25, -0.2) is 17.1 Å². The van der Waals surface area contributed by atoms with Crippen LogP contribution in [0.4, 0.5) is 4.39 Å². The van der Waals surface area contributed by atoms with Crippen molar-refractivity contribution in [3.63, 3.8) is 0 Å². The number of hydrogen-bond acceptors (Lipinski definition) is 4. The predicted molar refractivity (Wildman–Crippen MR) is 70.6 cm³/mol. The van der Waals surface area contributed by atoms with Crippen molar-refractivity contribution in [3.8, 4) is 0 Å². The minimum atomic E-state index is -3.73. The zero-order valence-corrected chi connectivity index (χ0v) is 11.9. The lowest BCUT2D eigenvalue weighted by Crippen LogP contribution is -2.29. The maximum absolute atomic E-state index is 13.2. The average molecular weight is 290 g/mol. The molecular formula is C12H19FN2O3S. The van der Waals surface area contributed by atoms with E-state index >= 15 is 0 Å². The van der Waals surface area contributed by atoms with E-state index in [1.165, 1.54) is 23.5 Å². The van der Waals surface area contributed by atoms with E-state index in [-0.39, 0.29) is 11.4 Å². The molecule has 1 aromatic rings. The van der Waals surface area contributed by atoms with E-state index in [9.17, 15) is 12.8 Å². The summed E-state index contributed by atoms with van der Waals surface area (Å²) in [4.78, 5) is -0.0742. The summed E-state index contributed by atoms with van der Waals surface area (Å²) in [5.74, 6) is -0.596. The van der Waals surface area contributed by atoms with Gasteiger partial charge in [-0.2, -0.15) is 0 Å². The Bertz CT molecular complexity index is 520.